The van der Waals surface area contributed by atoms with Crippen molar-refractivity contribution in [2.24, 2.45) is 11.8 Å². The number of aryl methyl sites for hydroxylation is 3. The molecule has 2 saturated carbocycles. The monoisotopic (exact) mass is 525 g/mol. The summed E-state index contributed by atoms with van der Waals surface area (Å²) in [4.78, 5) is 14.8. The Morgan fingerprint density at radius 3 is 2.36 bits per heavy atom. The molecule has 0 atom stereocenters. The van der Waals surface area contributed by atoms with Crippen LogP contribution in [0.1, 0.15) is 75.5 Å². The lowest BCUT2D eigenvalue weighted by Gasteiger charge is -2.40. The van der Waals surface area contributed by atoms with Gasteiger partial charge in [-0.3, -0.25) is 4.79 Å². The van der Waals surface area contributed by atoms with Crippen LogP contribution < -0.4 is 4.90 Å². The van der Waals surface area contributed by atoms with Crippen LogP contribution in [0.4, 0.5) is 11.4 Å². The van der Waals surface area contributed by atoms with Gasteiger partial charge in [-0.2, -0.15) is 5.26 Å². The number of ether oxygens (including phenoxy) is 1. The number of hydrogen-bond donors (Lipinski definition) is 0. The van der Waals surface area contributed by atoms with E-state index in [1.54, 1.807) is 0 Å². The second-order valence-corrected chi connectivity index (χ2v) is 12.5. The van der Waals surface area contributed by atoms with E-state index in [-0.39, 0.29) is 11.4 Å². The zero-order valence-corrected chi connectivity index (χ0v) is 24.0. The first-order valence-electron chi connectivity index (χ1n) is 14.0. The molecule has 3 aromatic rings. The zero-order valence-electron chi connectivity index (χ0n) is 24.0. The summed E-state index contributed by atoms with van der Waals surface area (Å²) in [6.45, 7) is 12.7. The molecular weight excluding hydrogens is 486 g/mol. The lowest BCUT2D eigenvalue weighted by atomic mass is 9.73. The Bertz CT molecular complexity index is 1380. The number of nitrogens with zero attached hydrogens (tertiary/aromatic N) is 3. The van der Waals surface area contributed by atoms with Gasteiger partial charge in [0.1, 0.15) is 11.4 Å². The van der Waals surface area contributed by atoms with E-state index in [0.717, 1.165) is 71.7 Å². The summed E-state index contributed by atoms with van der Waals surface area (Å²) in [5.41, 5.74) is 6.82. The second kappa shape index (κ2) is 10.2. The number of aromatic nitrogens is 1. The van der Waals surface area contributed by atoms with E-state index < -0.39 is 5.60 Å². The van der Waals surface area contributed by atoms with Crippen molar-refractivity contribution in [2.45, 2.75) is 84.7 Å². The van der Waals surface area contributed by atoms with Crippen molar-refractivity contribution in [1.82, 2.24) is 5.16 Å². The number of carbonyl (C=O) groups excluding carboxylic acids is 1. The summed E-state index contributed by atoms with van der Waals surface area (Å²) in [6, 6.07) is 17.6. The predicted molar refractivity (Wildman–Crippen MR) is 153 cm³/mol. The summed E-state index contributed by atoms with van der Waals surface area (Å²) in [6.07, 6.45) is 4.37. The van der Waals surface area contributed by atoms with Crippen LogP contribution in [0.3, 0.4) is 0 Å². The van der Waals surface area contributed by atoms with Crippen LogP contribution in [-0.2, 0) is 14.9 Å². The van der Waals surface area contributed by atoms with Crippen molar-refractivity contribution in [2.75, 3.05) is 11.4 Å². The van der Waals surface area contributed by atoms with Crippen LogP contribution in [0.15, 0.2) is 47.0 Å². The number of benzene rings is 2. The van der Waals surface area contributed by atoms with E-state index in [0.29, 0.717) is 18.3 Å². The van der Waals surface area contributed by atoms with E-state index in [1.807, 2.05) is 34.6 Å². The summed E-state index contributed by atoms with van der Waals surface area (Å²) < 4.78 is 11.0. The van der Waals surface area contributed by atoms with E-state index in [9.17, 15) is 10.1 Å². The highest BCUT2D eigenvalue weighted by Crippen LogP contribution is 2.48. The predicted octanol–water partition coefficient (Wildman–Crippen LogP) is 7.72. The Balaban J connectivity index is 1.40. The van der Waals surface area contributed by atoms with Gasteiger partial charge >= 0.3 is 5.97 Å². The Morgan fingerprint density at radius 1 is 1.10 bits per heavy atom. The van der Waals surface area contributed by atoms with Gasteiger partial charge in [-0.15, -0.1) is 0 Å². The van der Waals surface area contributed by atoms with Crippen molar-refractivity contribution in [3.63, 3.8) is 0 Å². The number of nitriles is 1. The highest BCUT2D eigenvalue weighted by atomic mass is 16.6. The maximum absolute atomic E-state index is 12.4. The van der Waals surface area contributed by atoms with E-state index in [4.69, 9.17) is 9.26 Å². The Morgan fingerprint density at radius 2 is 1.79 bits per heavy atom. The SMILES string of the molecule is Cc1ccc(-c2c(C)noc2C)cc1N(CC1CC(CC(=O)OC(C)(C)C)C1)c1ccc(C2(C#N)CC2)cc1. The first-order chi connectivity index (χ1) is 18.5. The Kier molecular flexibility index (Phi) is 7.05. The molecule has 0 saturated heterocycles. The third kappa shape index (κ3) is 5.73. The molecule has 39 heavy (non-hydrogen) atoms. The van der Waals surface area contributed by atoms with Crippen LogP contribution in [0.5, 0.6) is 0 Å². The molecule has 0 spiro atoms. The van der Waals surface area contributed by atoms with Gasteiger partial charge in [0.15, 0.2) is 0 Å². The molecule has 1 aromatic heterocycles. The molecule has 0 amide bonds. The average Bonchev–Trinajstić information content (AvgIpc) is 3.59. The molecule has 0 aliphatic heterocycles. The van der Waals surface area contributed by atoms with Gasteiger partial charge < -0.3 is 14.2 Å². The summed E-state index contributed by atoms with van der Waals surface area (Å²) in [5, 5.41) is 13.8. The molecule has 0 N–H and O–H groups in total. The minimum Gasteiger partial charge on any atom is -0.460 e. The van der Waals surface area contributed by atoms with Crippen LogP contribution in [-0.4, -0.2) is 23.3 Å². The molecule has 2 aliphatic rings. The van der Waals surface area contributed by atoms with Crippen LogP contribution >= 0.6 is 0 Å². The third-order valence-electron chi connectivity index (χ3n) is 8.17. The third-order valence-corrected chi connectivity index (χ3v) is 8.17. The Labute approximate surface area is 231 Å². The molecule has 6 heteroatoms. The number of esters is 1. The van der Waals surface area contributed by atoms with Crippen molar-refractivity contribution >= 4 is 17.3 Å². The van der Waals surface area contributed by atoms with Gasteiger partial charge in [0.25, 0.3) is 0 Å². The quantitative estimate of drug-likeness (QED) is 0.280. The van der Waals surface area contributed by atoms with Crippen LogP contribution in [0.25, 0.3) is 11.1 Å². The molecule has 0 bridgehead atoms. The standard InChI is InChI=1S/C33H39N3O3/c1-21-7-8-26(31-22(2)35-39-23(31)3)18-29(21)36(28-11-9-27(10-12-28)33(20-34)13-14-33)19-25-15-24(16-25)17-30(37)38-32(4,5)6/h7-12,18,24-25H,13-17,19H2,1-6H3. The van der Waals surface area contributed by atoms with Gasteiger partial charge in [0, 0.05) is 29.9 Å². The van der Waals surface area contributed by atoms with E-state index in [1.165, 1.54) is 5.56 Å². The van der Waals surface area contributed by atoms with Gasteiger partial charge in [0.05, 0.1) is 17.2 Å². The smallest absolute Gasteiger partial charge is 0.306 e. The zero-order chi connectivity index (χ0) is 27.9. The first kappa shape index (κ1) is 27.0. The number of anilines is 2. The average molecular weight is 526 g/mol. The molecule has 6 nitrogen and oxygen atoms in total. The minimum atomic E-state index is -0.447. The molecule has 1 heterocycles. The maximum Gasteiger partial charge on any atom is 0.306 e. The Hall–Kier alpha value is -3.59. The topological polar surface area (TPSA) is 79.4 Å². The van der Waals surface area contributed by atoms with Gasteiger partial charge in [-0.05, 0) is 114 Å². The highest BCUT2D eigenvalue weighted by Gasteiger charge is 2.44. The number of rotatable bonds is 8. The first-order valence-corrected chi connectivity index (χ1v) is 14.0. The fourth-order valence-corrected chi connectivity index (χ4v) is 5.91. The fourth-order valence-electron chi connectivity index (χ4n) is 5.91. The van der Waals surface area contributed by atoms with Crippen molar-refractivity contribution in [3.05, 3.63) is 65.0 Å². The van der Waals surface area contributed by atoms with Gasteiger partial charge in [0.2, 0.25) is 0 Å². The number of hydrogen-bond acceptors (Lipinski definition) is 6. The molecule has 204 valence electrons. The van der Waals surface area contributed by atoms with Crippen molar-refractivity contribution in [3.8, 4) is 17.2 Å². The van der Waals surface area contributed by atoms with Crippen molar-refractivity contribution < 1.29 is 14.1 Å². The summed E-state index contributed by atoms with van der Waals surface area (Å²) in [7, 11) is 0. The van der Waals surface area contributed by atoms with E-state index in [2.05, 4.69) is 65.5 Å². The second-order valence-electron chi connectivity index (χ2n) is 12.5. The molecule has 5 rings (SSSR count). The molecule has 2 aliphatic carbocycles. The lowest BCUT2D eigenvalue weighted by molar-refractivity contribution is -0.157. The lowest BCUT2D eigenvalue weighted by Crippen LogP contribution is -2.36. The van der Waals surface area contributed by atoms with Crippen LogP contribution in [0.2, 0.25) is 0 Å². The molecule has 2 aromatic carbocycles. The minimum absolute atomic E-state index is 0.104. The highest BCUT2D eigenvalue weighted by molar-refractivity contribution is 5.76. The van der Waals surface area contributed by atoms with Gasteiger partial charge in [-0.1, -0.05) is 29.4 Å². The summed E-state index contributed by atoms with van der Waals surface area (Å²) in [5.74, 6) is 1.56. The molecular formula is C33H39N3O3. The maximum atomic E-state index is 12.4. The van der Waals surface area contributed by atoms with Gasteiger partial charge in [-0.25, -0.2) is 0 Å². The molecule has 0 radical (unpaired) electrons. The van der Waals surface area contributed by atoms with Crippen LogP contribution in [0, 0.1) is 43.9 Å². The number of carbonyl (C=O) groups is 1. The van der Waals surface area contributed by atoms with Crippen molar-refractivity contribution in [1.29, 1.82) is 5.26 Å². The molecule has 2 fully saturated rings. The normalized spacial score (nSPS) is 19.6. The van der Waals surface area contributed by atoms with E-state index >= 15 is 0 Å². The molecule has 0 unspecified atom stereocenters. The summed E-state index contributed by atoms with van der Waals surface area (Å²) >= 11 is 0. The largest absolute Gasteiger partial charge is 0.460 e. The fraction of sp³-hybridized carbons (Fsp3) is 0.485.